The van der Waals surface area contributed by atoms with Gasteiger partial charge in [-0.3, -0.25) is 4.79 Å². The highest BCUT2D eigenvalue weighted by Gasteiger charge is 2.12. The van der Waals surface area contributed by atoms with Crippen LogP contribution < -0.4 is 0 Å². The van der Waals surface area contributed by atoms with Crippen LogP contribution in [0.4, 0.5) is 4.39 Å². The fourth-order valence-electron chi connectivity index (χ4n) is 2.34. The van der Waals surface area contributed by atoms with E-state index < -0.39 is 0 Å². The van der Waals surface area contributed by atoms with Crippen LogP contribution >= 0.6 is 11.8 Å². The SMILES string of the molecule is CN(Cc1cnn(-c2ccccc2)c1)C(=O)CSc1ccccc1F. The van der Waals surface area contributed by atoms with Gasteiger partial charge in [0.15, 0.2) is 0 Å². The van der Waals surface area contributed by atoms with Crippen molar-refractivity contribution in [2.24, 2.45) is 0 Å². The summed E-state index contributed by atoms with van der Waals surface area (Å²) in [5, 5.41) is 4.33. The lowest BCUT2D eigenvalue weighted by molar-refractivity contribution is -0.127. The Balaban J connectivity index is 1.57. The monoisotopic (exact) mass is 355 g/mol. The van der Waals surface area contributed by atoms with Crippen LogP contribution in [-0.4, -0.2) is 33.4 Å². The molecule has 2 aromatic carbocycles. The number of halogens is 1. The molecule has 0 radical (unpaired) electrons. The van der Waals surface area contributed by atoms with Crippen LogP contribution in [0.2, 0.25) is 0 Å². The van der Waals surface area contributed by atoms with Gasteiger partial charge in [-0.2, -0.15) is 5.10 Å². The summed E-state index contributed by atoms with van der Waals surface area (Å²) in [7, 11) is 1.74. The molecule has 1 amide bonds. The third kappa shape index (κ3) is 4.48. The van der Waals surface area contributed by atoms with Crippen molar-refractivity contribution in [1.29, 1.82) is 0 Å². The molecular weight excluding hydrogens is 337 g/mol. The zero-order chi connectivity index (χ0) is 17.6. The van der Waals surface area contributed by atoms with Crippen molar-refractivity contribution in [3.8, 4) is 5.69 Å². The van der Waals surface area contributed by atoms with Crippen molar-refractivity contribution in [3.63, 3.8) is 0 Å². The Morgan fingerprint density at radius 3 is 2.64 bits per heavy atom. The van der Waals surface area contributed by atoms with Gasteiger partial charge in [0.2, 0.25) is 5.91 Å². The first-order chi connectivity index (χ1) is 12.1. The average Bonchev–Trinajstić information content (AvgIpc) is 3.10. The Hall–Kier alpha value is -2.60. The summed E-state index contributed by atoms with van der Waals surface area (Å²) in [6.45, 7) is 0.462. The number of hydrogen-bond donors (Lipinski definition) is 0. The highest BCUT2D eigenvalue weighted by molar-refractivity contribution is 8.00. The van der Waals surface area contributed by atoms with E-state index in [9.17, 15) is 9.18 Å². The van der Waals surface area contributed by atoms with E-state index in [1.807, 2.05) is 36.5 Å². The number of para-hydroxylation sites is 1. The Labute approximate surface area is 150 Å². The van der Waals surface area contributed by atoms with Gasteiger partial charge in [-0.05, 0) is 24.3 Å². The minimum absolute atomic E-state index is 0.0549. The normalized spacial score (nSPS) is 10.6. The maximum absolute atomic E-state index is 13.6. The van der Waals surface area contributed by atoms with E-state index in [2.05, 4.69) is 5.10 Å². The highest BCUT2D eigenvalue weighted by Crippen LogP contribution is 2.21. The van der Waals surface area contributed by atoms with Crippen molar-refractivity contribution in [2.75, 3.05) is 12.8 Å². The van der Waals surface area contributed by atoms with E-state index in [4.69, 9.17) is 0 Å². The van der Waals surface area contributed by atoms with Crippen LogP contribution in [0.3, 0.4) is 0 Å². The number of thioether (sulfide) groups is 1. The lowest BCUT2D eigenvalue weighted by atomic mass is 10.3. The molecule has 0 aliphatic heterocycles. The summed E-state index contributed by atoms with van der Waals surface area (Å²) in [5.41, 5.74) is 1.91. The van der Waals surface area contributed by atoms with Crippen LogP contribution in [0.15, 0.2) is 71.9 Å². The fraction of sp³-hybridized carbons (Fsp3) is 0.158. The Bertz CT molecular complexity index is 851. The summed E-state index contributed by atoms with van der Waals surface area (Å²) in [5.74, 6) is -0.155. The molecule has 0 spiro atoms. The van der Waals surface area contributed by atoms with E-state index in [0.717, 1.165) is 11.3 Å². The summed E-state index contributed by atoms with van der Waals surface area (Å²) in [4.78, 5) is 14.4. The molecule has 0 N–H and O–H groups in total. The van der Waals surface area contributed by atoms with Crippen molar-refractivity contribution in [2.45, 2.75) is 11.4 Å². The minimum Gasteiger partial charge on any atom is -0.341 e. The Morgan fingerprint density at radius 2 is 1.88 bits per heavy atom. The van der Waals surface area contributed by atoms with Gasteiger partial charge in [0, 0.05) is 30.2 Å². The summed E-state index contributed by atoms with van der Waals surface area (Å²) < 4.78 is 15.4. The topological polar surface area (TPSA) is 38.1 Å². The summed E-state index contributed by atoms with van der Waals surface area (Å²) in [6.07, 6.45) is 3.66. The van der Waals surface area contributed by atoms with E-state index in [1.165, 1.54) is 17.8 Å². The summed E-state index contributed by atoms with van der Waals surface area (Å²) in [6, 6.07) is 16.3. The van der Waals surface area contributed by atoms with Crippen molar-refractivity contribution in [1.82, 2.24) is 14.7 Å². The van der Waals surface area contributed by atoms with E-state index >= 15 is 0 Å². The third-order valence-corrected chi connectivity index (χ3v) is 4.72. The molecule has 128 valence electrons. The predicted octanol–water partition coefficient (Wildman–Crippen LogP) is 3.76. The molecule has 0 aliphatic rings. The Kier molecular flexibility index (Phi) is 5.50. The molecule has 1 heterocycles. The van der Waals surface area contributed by atoms with Crippen LogP contribution in [0.25, 0.3) is 5.69 Å². The van der Waals surface area contributed by atoms with Crippen LogP contribution in [0.5, 0.6) is 0 Å². The van der Waals surface area contributed by atoms with Crippen LogP contribution in [0.1, 0.15) is 5.56 Å². The number of nitrogens with zero attached hydrogens (tertiary/aromatic N) is 3. The molecule has 0 bridgehead atoms. The van der Waals surface area contributed by atoms with Gasteiger partial charge in [-0.15, -0.1) is 11.8 Å². The molecule has 0 saturated heterocycles. The lowest BCUT2D eigenvalue weighted by Crippen LogP contribution is -2.27. The molecule has 6 heteroatoms. The maximum Gasteiger partial charge on any atom is 0.232 e. The largest absolute Gasteiger partial charge is 0.341 e. The standard InChI is InChI=1S/C19H18FN3OS/c1-22(19(24)14-25-18-10-6-5-9-17(18)20)12-15-11-21-23(13-15)16-7-3-2-4-8-16/h2-11,13H,12,14H2,1H3. The Morgan fingerprint density at radius 1 is 1.16 bits per heavy atom. The summed E-state index contributed by atoms with van der Waals surface area (Å²) >= 11 is 1.21. The zero-order valence-corrected chi connectivity index (χ0v) is 14.6. The van der Waals surface area contributed by atoms with E-state index in [0.29, 0.717) is 11.4 Å². The maximum atomic E-state index is 13.6. The smallest absolute Gasteiger partial charge is 0.232 e. The van der Waals surface area contributed by atoms with Gasteiger partial charge in [0.1, 0.15) is 5.82 Å². The first-order valence-corrected chi connectivity index (χ1v) is 8.82. The number of aromatic nitrogens is 2. The zero-order valence-electron chi connectivity index (χ0n) is 13.8. The average molecular weight is 355 g/mol. The van der Waals surface area contributed by atoms with Gasteiger partial charge in [0.05, 0.1) is 17.6 Å². The van der Waals surface area contributed by atoms with Gasteiger partial charge < -0.3 is 4.90 Å². The van der Waals surface area contributed by atoms with E-state index in [1.54, 1.807) is 41.0 Å². The lowest BCUT2D eigenvalue weighted by Gasteiger charge is -2.16. The van der Waals surface area contributed by atoms with Crippen LogP contribution in [0, 0.1) is 5.82 Å². The fourth-order valence-corrected chi connectivity index (χ4v) is 3.22. The van der Waals surface area contributed by atoms with E-state index in [-0.39, 0.29) is 17.5 Å². The molecule has 0 saturated carbocycles. The van der Waals surface area contributed by atoms with Gasteiger partial charge in [0.25, 0.3) is 0 Å². The quantitative estimate of drug-likeness (QED) is 0.632. The van der Waals surface area contributed by atoms with Gasteiger partial charge >= 0.3 is 0 Å². The molecule has 0 aliphatic carbocycles. The second-order valence-electron chi connectivity index (χ2n) is 5.60. The minimum atomic E-state index is -0.299. The van der Waals surface area contributed by atoms with Crippen molar-refractivity contribution >= 4 is 17.7 Å². The molecule has 4 nitrogen and oxygen atoms in total. The number of hydrogen-bond acceptors (Lipinski definition) is 3. The van der Waals surface area contributed by atoms with Gasteiger partial charge in [-0.25, -0.2) is 9.07 Å². The molecule has 0 unspecified atom stereocenters. The molecular formula is C19H18FN3OS. The third-order valence-electron chi connectivity index (χ3n) is 3.69. The number of rotatable bonds is 6. The predicted molar refractivity (Wildman–Crippen MR) is 97.2 cm³/mol. The molecule has 1 aromatic heterocycles. The molecule has 3 rings (SSSR count). The second kappa shape index (κ2) is 7.98. The molecule has 3 aromatic rings. The number of benzene rings is 2. The first kappa shape index (κ1) is 17.2. The molecule has 25 heavy (non-hydrogen) atoms. The number of carbonyl (C=O) groups is 1. The number of carbonyl (C=O) groups excluding carboxylic acids is 1. The van der Waals surface area contributed by atoms with Gasteiger partial charge in [-0.1, -0.05) is 30.3 Å². The second-order valence-corrected chi connectivity index (χ2v) is 6.61. The highest BCUT2D eigenvalue weighted by atomic mass is 32.2. The number of amides is 1. The molecule has 0 fully saturated rings. The van der Waals surface area contributed by atoms with Crippen molar-refractivity contribution < 1.29 is 9.18 Å². The first-order valence-electron chi connectivity index (χ1n) is 7.84. The van der Waals surface area contributed by atoms with Crippen LogP contribution in [-0.2, 0) is 11.3 Å². The molecule has 0 atom stereocenters. The van der Waals surface area contributed by atoms with Crippen molar-refractivity contribution in [3.05, 3.63) is 78.4 Å².